The van der Waals surface area contributed by atoms with Gasteiger partial charge in [0.25, 0.3) is 0 Å². The number of nitrogens with zero attached hydrogens (tertiary/aromatic N) is 2. The van der Waals surface area contributed by atoms with Crippen LogP contribution in [0.5, 0.6) is 0 Å². The number of benzene rings is 4. The van der Waals surface area contributed by atoms with Crippen LogP contribution in [0.25, 0.3) is 0 Å². The van der Waals surface area contributed by atoms with Crippen LogP contribution in [0.4, 0.5) is 5.69 Å². The molecule has 0 bridgehead atoms. The van der Waals surface area contributed by atoms with Crippen LogP contribution in [-0.4, -0.2) is 5.84 Å². The maximum absolute atomic E-state index is 5.35. The van der Waals surface area contributed by atoms with Crippen molar-refractivity contribution in [2.24, 2.45) is 4.99 Å². The predicted molar refractivity (Wildman–Crippen MR) is 134 cm³/mol. The number of aliphatic imine (C=N–C) groups is 1. The highest BCUT2D eigenvalue weighted by atomic mass is 79.9. The molecule has 3 nitrogen and oxygen atoms in total. The number of hydrogen-bond donors (Lipinski definition) is 1. The Morgan fingerprint density at radius 2 is 1.23 bits per heavy atom. The van der Waals surface area contributed by atoms with Crippen LogP contribution in [0.15, 0.2) is 123 Å². The van der Waals surface area contributed by atoms with Gasteiger partial charge < -0.3 is 0 Å². The summed E-state index contributed by atoms with van der Waals surface area (Å²) < 4.78 is 1.98. The summed E-state index contributed by atoms with van der Waals surface area (Å²) in [5.41, 5.74) is 7.02. The molecular formula is C26H19Br2N3. The van der Waals surface area contributed by atoms with Gasteiger partial charge in [-0.05, 0) is 34.1 Å². The zero-order valence-corrected chi connectivity index (χ0v) is 19.7. The van der Waals surface area contributed by atoms with E-state index in [0.717, 1.165) is 37.2 Å². The molecule has 0 saturated carbocycles. The molecule has 5 rings (SSSR count). The first kappa shape index (κ1) is 20.0. The van der Waals surface area contributed by atoms with E-state index in [1.165, 1.54) is 0 Å². The van der Waals surface area contributed by atoms with Crippen LogP contribution in [0.3, 0.4) is 0 Å². The van der Waals surface area contributed by atoms with E-state index in [0.29, 0.717) is 0 Å². The summed E-state index contributed by atoms with van der Waals surface area (Å²) in [5.74, 6) is 0.822. The van der Waals surface area contributed by atoms with E-state index in [1.54, 1.807) is 0 Å². The Morgan fingerprint density at radius 1 is 0.677 bits per heavy atom. The minimum atomic E-state index is -0.774. The van der Waals surface area contributed by atoms with Crippen LogP contribution in [0.1, 0.15) is 16.7 Å². The molecular weight excluding hydrogens is 514 g/mol. The minimum absolute atomic E-state index is 0.774. The van der Waals surface area contributed by atoms with Crippen molar-refractivity contribution in [3.63, 3.8) is 0 Å². The van der Waals surface area contributed by atoms with Crippen molar-refractivity contribution in [2.75, 3.05) is 5.01 Å². The Bertz CT molecular complexity index is 1190. The largest absolute Gasteiger partial charge is 0.278 e. The topological polar surface area (TPSA) is 27.6 Å². The summed E-state index contributed by atoms with van der Waals surface area (Å²) in [6, 6.07) is 37.3. The van der Waals surface area contributed by atoms with Crippen molar-refractivity contribution in [3.05, 3.63) is 135 Å². The third-order valence-corrected chi connectivity index (χ3v) is 6.49. The van der Waals surface area contributed by atoms with E-state index in [-0.39, 0.29) is 0 Å². The molecule has 0 aliphatic carbocycles. The normalized spacial score (nSPS) is 14.8. The lowest BCUT2D eigenvalue weighted by molar-refractivity contribution is 0.515. The second-order valence-corrected chi connectivity index (χ2v) is 9.04. The molecule has 0 aromatic heterocycles. The summed E-state index contributed by atoms with van der Waals surface area (Å²) in [5, 5.41) is 2.15. The van der Waals surface area contributed by atoms with Gasteiger partial charge in [-0.2, -0.15) is 0 Å². The number of nitrogens with one attached hydrogen (secondary N) is 1. The van der Waals surface area contributed by atoms with Gasteiger partial charge in [0.05, 0.1) is 5.69 Å². The summed E-state index contributed by atoms with van der Waals surface area (Å²) in [6.45, 7) is 0. The average molecular weight is 533 g/mol. The van der Waals surface area contributed by atoms with Crippen molar-refractivity contribution in [1.82, 2.24) is 5.43 Å². The number of hydrogen-bond acceptors (Lipinski definition) is 3. The van der Waals surface area contributed by atoms with Gasteiger partial charge in [0, 0.05) is 25.6 Å². The highest BCUT2D eigenvalue weighted by molar-refractivity contribution is 9.11. The molecule has 0 radical (unpaired) electrons. The lowest BCUT2D eigenvalue weighted by Gasteiger charge is -2.38. The fraction of sp³-hybridized carbons (Fsp3) is 0.0385. The van der Waals surface area contributed by atoms with Crippen molar-refractivity contribution in [1.29, 1.82) is 0 Å². The molecule has 4 aromatic carbocycles. The van der Waals surface area contributed by atoms with Crippen molar-refractivity contribution in [2.45, 2.75) is 5.66 Å². The van der Waals surface area contributed by atoms with Crippen molar-refractivity contribution < 1.29 is 0 Å². The molecule has 152 valence electrons. The Labute approximate surface area is 198 Å². The van der Waals surface area contributed by atoms with E-state index < -0.39 is 5.66 Å². The van der Waals surface area contributed by atoms with Gasteiger partial charge in [-0.3, -0.25) is 5.43 Å². The van der Waals surface area contributed by atoms with Crippen LogP contribution < -0.4 is 10.4 Å². The highest BCUT2D eigenvalue weighted by Crippen LogP contribution is 2.45. The van der Waals surface area contributed by atoms with Crippen LogP contribution >= 0.6 is 31.9 Å². The standard InChI is InChI=1S/C26H19Br2N3/c27-22-16-17-24(23(28)18-22)31-26(20-12-6-2-7-13-20,21-14-8-3-9-15-21)29-25(30-31)19-10-4-1-5-11-19/h1-18H,(H,29,30). The number of amidine groups is 1. The van der Waals surface area contributed by atoms with Gasteiger partial charge in [0.2, 0.25) is 5.66 Å². The molecule has 1 aliphatic rings. The highest BCUT2D eigenvalue weighted by Gasteiger charge is 2.46. The smallest absolute Gasteiger partial charge is 0.204 e. The first-order valence-electron chi connectivity index (χ1n) is 9.97. The average Bonchev–Trinajstić information content (AvgIpc) is 3.22. The number of anilines is 1. The van der Waals surface area contributed by atoms with Crippen molar-refractivity contribution in [3.8, 4) is 0 Å². The quantitative estimate of drug-likeness (QED) is 0.310. The van der Waals surface area contributed by atoms with Gasteiger partial charge in [-0.15, -0.1) is 0 Å². The molecule has 0 spiro atoms. The first-order valence-corrected chi connectivity index (χ1v) is 11.6. The molecule has 1 N–H and O–H groups in total. The SMILES string of the molecule is Brc1ccc(N2NC(c3ccccc3)=NC2(c2ccccc2)c2ccccc2)c(Br)c1. The Morgan fingerprint density at radius 3 is 1.77 bits per heavy atom. The number of rotatable bonds is 4. The monoisotopic (exact) mass is 531 g/mol. The fourth-order valence-corrected chi connectivity index (χ4v) is 5.17. The van der Waals surface area contributed by atoms with Gasteiger partial charge in [-0.25, -0.2) is 10.0 Å². The summed E-state index contributed by atoms with van der Waals surface area (Å²) in [6.07, 6.45) is 0. The molecule has 0 atom stereocenters. The second kappa shape index (κ2) is 8.33. The summed E-state index contributed by atoms with van der Waals surface area (Å²) in [7, 11) is 0. The number of halogens is 2. The van der Waals surface area contributed by atoms with E-state index in [4.69, 9.17) is 4.99 Å². The third kappa shape index (κ3) is 3.58. The Kier molecular flexibility index (Phi) is 5.38. The zero-order chi connectivity index (χ0) is 21.3. The molecule has 1 aliphatic heterocycles. The Balaban J connectivity index is 1.80. The second-order valence-electron chi connectivity index (χ2n) is 7.27. The van der Waals surface area contributed by atoms with E-state index in [9.17, 15) is 0 Å². The van der Waals surface area contributed by atoms with Crippen LogP contribution in [-0.2, 0) is 5.66 Å². The van der Waals surface area contributed by atoms with E-state index in [1.807, 2.05) is 36.4 Å². The number of hydrazine groups is 1. The van der Waals surface area contributed by atoms with Gasteiger partial charge in [0.1, 0.15) is 5.84 Å². The zero-order valence-electron chi connectivity index (χ0n) is 16.5. The first-order chi connectivity index (χ1) is 15.2. The third-order valence-electron chi connectivity index (χ3n) is 5.37. The lowest BCUT2D eigenvalue weighted by Crippen LogP contribution is -2.49. The van der Waals surface area contributed by atoms with Gasteiger partial charge in [-0.1, -0.05) is 107 Å². The molecule has 0 amide bonds. The molecule has 0 saturated heterocycles. The maximum Gasteiger partial charge on any atom is 0.204 e. The molecule has 0 fully saturated rings. The summed E-state index contributed by atoms with van der Waals surface area (Å²) >= 11 is 7.34. The predicted octanol–water partition coefficient (Wildman–Crippen LogP) is 6.88. The molecule has 5 heteroatoms. The summed E-state index contributed by atoms with van der Waals surface area (Å²) in [4.78, 5) is 5.35. The van der Waals surface area contributed by atoms with E-state index >= 15 is 0 Å². The lowest BCUT2D eigenvalue weighted by atomic mass is 9.90. The van der Waals surface area contributed by atoms with Gasteiger partial charge in [0.15, 0.2) is 0 Å². The maximum atomic E-state index is 5.35. The molecule has 0 unspecified atom stereocenters. The fourth-order valence-electron chi connectivity index (χ4n) is 3.94. The van der Waals surface area contributed by atoms with Crippen molar-refractivity contribution >= 4 is 43.4 Å². The van der Waals surface area contributed by atoms with Crippen LogP contribution in [0.2, 0.25) is 0 Å². The minimum Gasteiger partial charge on any atom is -0.278 e. The van der Waals surface area contributed by atoms with Crippen LogP contribution in [0, 0.1) is 0 Å². The molecule has 31 heavy (non-hydrogen) atoms. The molecule has 1 heterocycles. The molecule has 4 aromatic rings. The Hall–Kier alpha value is -2.89. The van der Waals surface area contributed by atoms with E-state index in [2.05, 4.69) is 115 Å². The van der Waals surface area contributed by atoms with Gasteiger partial charge >= 0.3 is 0 Å².